The van der Waals surface area contributed by atoms with Gasteiger partial charge in [0.25, 0.3) is 5.91 Å². The molecule has 2 N–H and O–H groups in total. The number of hydrogen-bond donors (Lipinski definition) is 2. The first-order valence-corrected chi connectivity index (χ1v) is 9.15. The first kappa shape index (κ1) is 17.4. The van der Waals surface area contributed by atoms with E-state index in [0.29, 0.717) is 9.90 Å². The molecule has 0 bridgehead atoms. The van der Waals surface area contributed by atoms with Gasteiger partial charge in [-0.2, -0.15) is 5.01 Å². The Morgan fingerprint density at radius 3 is 2.68 bits per heavy atom. The molecule has 1 aromatic heterocycles. The highest BCUT2D eigenvalue weighted by Gasteiger charge is 2.49. The molecule has 0 aliphatic carbocycles. The van der Waals surface area contributed by atoms with Gasteiger partial charge in [-0.05, 0) is 19.4 Å². The number of carbonyl (C=O) groups excluding carboxylic acids is 3. The van der Waals surface area contributed by atoms with Crippen molar-refractivity contribution in [2.24, 2.45) is 0 Å². The SMILES string of the molecule is Cc1nnc(SCC(=O)NN2C(=O)N[C@](C)(c3ccccc3)C2=O)s1. The second-order valence-corrected chi connectivity index (χ2v) is 7.88. The fraction of sp³-hybridized carbons (Fsp3) is 0.267. The third-order valence-corrected chi connectivity index (χ3v) is 5.58. The predicted octanol–water partition coefficient (Wildman–Crippen LogP) is 1.44. The summed E-state index contributed by atoms with van der Waals surface area (Å²) in [6, 6.07) is 8.21. The van der Waals surface area contributed by atoms with E-state index in [1.807, 2.05) is 13.0 Å². The van der Waals surface area contributed by atoms with Crippen molar-refractivity contribution in [3.05, 3.63) is 40.9 Å². The molecular weight excluding hydrogens is 362 g/mol. The summed E-state index contributed by atoms with van der Waals surface area (Å²) in [4.78, 5) is 36.9. The fourth-order valence-electron chi connectivity index (χ4n) is 2.33. The lowest BCUT2D eigenvalue weighted by Gasteiger charge is -2.22. The monoisotopic (exact) mass is 377 g/mol. The molecule has 1 aliphatic rings. The highest BCUT2D eigenvalue weighted by Crippen LogP contribution is 2.28. The number of aromatic nitrogens is 2. The van der Waals surface area contributed by atoms with E-state index in [2.05, 4.69) is 20.9 Å². The van der Waals surface area contributed by atoms with Gasteiger partial charge in [0.05, 0.1) is 5.75 Å². The minimum Gasteiger partial charge on any atom is -0.318 e. The van der Waals surface area contributed by atoms with Crippen LogP contribution in [0.3, 0.4) is 0 Å². The maximum Gasteiger partial charge on any atom is 0.344 e. The van der Waals surface area contributed by atoms with E-state index in [4.69, 9.17) is 0 Å². The Balaban J connectivity index is 1.65. The molecule has 1 fully saturated rings. The van der Waals surface area contributed by atoms with Crippen LogP contribution in [0.15, 0.2) is 34.7 Å². The molecule has 0 saturated carbocycles. The lowest BCUT2D eigenvalue weighted by molar-refractivity contribution is -0.138. The Morgan fingerprint density at radius 2 is 2.04 bits per heavy atom. The van der Waals surface area contributed by atoms with E-state index < -0.39 is 23.4 Å². The van der Waals surface area contributed by atoms with Crippen LogP contribution >= 0.6 is 23.1 Å². The Hall–Kier alpha value is -2.46. The zero-order valence-corrected chi connectivity index (χ0v) is 15.1. The van der Waals surface area contributed by atoms with Crippen molar-refractivity contribution in [3.8, 4) is 0 Å². The van der Waals surface area contributed by atoms with Crippen LogP contribution in [0.4, 0.5) is 4.79 Å². The second kappa shape index (κ2) is 6.81. The molecule has 10 heteroatoms. The number of hydrogen-bond acceptors (Lipinski definition) is 7. The summed E-state index contributed by atoms with van der Waals surface area (Å²) in [6.45, 7) is 3.42. The summed E-state index contributed by atoms with van der Waals surface area (Å²) in [5.74, 6) is -0.985. The van der Waals surface area contributed by atoms with E-state index in [-0.39, 0.29) is 5.75 Å². The average Bonchev–Trinajstić information content (AvgIpc) is 3.11. The van der Waals surface area contributed by atoms with Crippen molar-refractivity contribution < 1.29 is 14.4 Å². The summed E-state index contributed by atoms with van der Waals surface area (Å²) in [7, 11) is 0. The Kier molecular flexibility index (Phi) is 4.73. The summed E-state index contributed by atoms with van der Waals surface area (Å²) in [5.41, 5.74) is 1.78. The van der Waals surface area contributed by atoms with E-state index >= 15 is 0 Å². The summed E-state index contributed by atoms with van der Waals surface area (Å²) < 4.78 is 0.652. The highest BCUT2D eigenvalue weighted by molar-refractivity contribution is 8.01. The lowest BCUT2D eigenvalue weighted by Crippen LogP contribution is -2.48. The minimum atomic E-state index is -1.21. The quantitative estimate of drug-likeness (QED) is 0.603. The Morgan fingerprint density at radius 1 is 1.32 bits per heavy atom. The second-order valence-electron chi connectivity index (χ2n) is 5.47. The molecule has 0 unspecified atom stereocenters. The van der Waals surface area contributed by atoms with Crippen LogP contribution in [0.25, 0.3) is 0 Å². The number of rotatable bonds is 5. The molecule has 2 aromatic rings. The number of amides is 4. The van der Waals surface area contributed by atoms with Gasteiger partial charge in [-0.1, -0.05) is 53.4 Å². The highest BCUT2D eigenvalue weighted by atomic mass is 32.2. The van der Waals surface area contributed by atoms with Crippen molar-refractivity contribution in [1.82, 2.24) is 25.9 Å². The first-order chi connectivity index (χ1) is 11.9. The molecule has 1 saturated heterocycles. The summed E-state index contributed by atoms with van der Waals surface area (Å²) in [6.07, 6.45) is 0. The Labute approximate surface area is 152 Å². The molecule has 0 spiro atoms. The maximum atomic E-state index is 12.7. The molecule has 1 aromatic carbocycles. The number of thioether (sulfide) groups is 1. The van der Waals surface area contributed by atoms with Crippen LogP contribution in [0, 0.1) is 6.92 Å². The van der Waals surface area contributed by atoms with Crippen molar-refractivity contribution in [3.63, 3.8) is 0 Å². The van der Waals surface area contributed by atoms with E-state index in [1.165, 1.54) is 23.1 Å². The van der Waals surface area contributed by atoms with Crippen molar-refractivity contribution in [1.29, 1.82) is 0 Å². The number of nitrogens with one attached hydrogen (secondary N) is 2. The third kappa shape index (κ3) is 3.49. The van der Waals surface area contributed by atoms with Crippen LogP contribution in [0.2, 0.25) is 0 Å². The maximum absolute atomic E-state index is 12.7. The standard InChI is InChI=1S/C15H15N5O3S2/c1-9-17-18-14(25-9)24-8-11(21)19-20-12(22)15(2,16-13(20)23)10-6-4-3-5-7-10/h3-7H,8H2,1-2H3,(H,16,23)(H,19,21)/t15-/m1/s1. The zero-order valence-electron chi connectivity index (χ0n) is 13.5. The van der Waals surface area contributed by atoms with Crippen molar-refractivity contribution in [2.45, 2.75) is 23.7 Å². The van der Waals surface area contributed by atoms with Crippen LogP contribution < -0.4 is 10.7 Å². The molecule has 3 rings (SSSR count). The summed E-state index contributed by atoms with van der Waals surface area (Å²) in [5, 5.41) is 11.9. The molecule has 1 atom stereocenters. The first-order valence-electron chi connectivity index (χ1n) is 7.35. The third-order valence-electron chi connectivity index (χ3n) is 3.61. The molecule has 8 nitrogen and oxygen atoms in total. The van der Waals surface area contributed by atoms with Gasteiger partial charge in [-0.15, -0.1) is 10.2 Å². The van der Waals surface area contributed by atoms with Gasteiger partial charge in [0.15, 0.2) is 4.34 Å². The molecule has 4 amide bonds. The van der Waals surface area contributed by atoms with E-state index in [1.54, 1.807) is 31.2 Å². The van der Waals surface area contributed by atoms with E-state index in [0.717, 1.165) is 10.0 Å². The van der Waals surface area contributed by atoms with E-state index in [9.17, 15) is 14.4 Å². The normalized spacial score (nSPS) is 19.8. The Bertz CT molecular complexity index is 826. The largest absolute Gasteiger partial charge is 0.344 e. The molecule has 2 heterocycles. The van der Waals surface area contributed by atoms with Crippen molar-refractivity contribution in [2.75, 3.05) is 5.75 Å². The number of benzene rings is 1. The van der Waals surface area contributed by atoms with Crippen LogP contribution in [-0.2, 0) is 15.1 Å². The van der Waals surface area contributed by atoms with Gasteiger partial charge >= 0.3 is 6.03 Å². The van der Waals surface area contributed by atoms with Gasteiger partial charge in [0.1, 0.15) is 10.5 Å². The van der Waals surface area contributed by atoms with Gasteiger partial charge in [0, 0.05) is 0 Å². The number of urea groups is 1. The topological polar surface area (TPSA) is 104 Å². The molecule has 25 heavy (non-hydrogen) atoms. The molecule has 1 aliphatic heterocycles. The number of carbonyl (C=O) groups is 3. The molecular formula is C15H15N5O3S2. The smallest absolute Gasteiger partial charge is 0.318 e. The molecule has 130 valence electrons. The zero-order chi connectivity index (χ0) is 18.0. The van der Waals surface area contributed by atoms with Crippen LogP contribution in [-0.4, -0.2) is 38.8 Å². The predicted molar refractivity (Wildman–Crippen MR) is 92.7 cm³/mol. The number of nitrogens with zero attached hydrogens (tertiary/aromatic N) is 3. The van der Waals surface area contributed by atoms with Gasteiger partial charge in [0.2, 0.25) is 5.91 Å². The van der Waals surface area contributed by atoms with Gasteiger partial charge < -0.3 is 5.32 Å². The average molecular weight is 377 g/mol. The minimum absolute atomic E-state index is 0.0216. The number of hydrazine groups is 1. The lowest BCUT2D eigenvalue weighted by atomic mass is 9.92. The molecule has 0 radical (unpaired) electrons. The fourth-order valence-corrected chi connectivity index (χ4v) is 3.94. The van der Waals surface area contributed by atoms with Gasteiger partial charge in [-0.3, -0.25) is 15.0 Å². The van der Waals surface area contributed by atoms with Crippen LogP contribution in [0.5, 0.6) is 0 Å². The van der Waals surface area contributed by atoms with Gasteiger partial charge in [-0.25, -0.2) is 4.79 Å². The van der Waals surface area contributed by atoms with Crippen LogP contribution in [0.1, 0.15) is 17.5 Å². The van der Waals surface area contributed by atoms with Crippen molar-refractivity contribution >= 4 is 40.9 Å². The number of imide groups is 1. The number of aryl methyl sites for hydroxylation is 1. The summed E-state index contributed by atoms with van der Waals surface area (Å²) >= 11 is 2.57.